The minimum Gasteiger partial charge on any atom is -0.484 e. The summed E-state index contributed by atoms with van der Waals surface area (Å²) in [5.74, 6) is 0.123. The van der Waals surface area contributed by atoms with Gasteiger partial charge in [0.15, 0.2) is 6.61 Å². The third-order valence-corrected chi connectivity index (χ3v) is 5.52. The van der Waals surface area contributed by atoms with Gasteiger partial charge in [-0.05, 0) is 37.3 Å². The van der Waals surface area contributed by atoms with E-state index in [1.165, 1.54) is 32.3 Å². The number of amides is 1. The summed E-state index contributed by atoms with van der Waals surface area (Å²) < 4.78 is 30.8. The summed E-state index contributed by atoms with van der Waals surface area (Å²) in [6.45, 7) is 1.73. The standard InChI is InChI=1S/C17H19ClN2O4S/c1-12-4-6-13(7-5-12)24-11-17(21)19-16-10-14(8-9-15(16)18)25(22,23)20(2)3/h4-10H,11H2,1-3H3,(H,19,21). The molecule has 25 heavy (non-hydrogen) atoms. The monoisotopic (exact) mass is 382 g/mol. The highest BCUT2D eigenvalue weighted by Crippen LogP contribution is 2.26. The molecule has 0 radical (unpaired) electrons. The summed E-state index contributed by atoms with van der Waals surface area (Å²) in [7, 11) is -0.763. The van der Waals surface area contributed by atoms with Crippen LogP contribution in [0.1, 0.15) is 5.56 Å². The van der Waals surface area contributed by atoms with Gasteiger partial charge in [-0.1, -0.05) is 29.3 Å². The molecule has 0 saturated carbocycles. The first-order valence-corrected chi connectivity index (χ1v) is 9.23. The van der Waals surface area contributed by atoms with Gasteiger partial charge in [-0.3, -0.25) is 4.79 Å². The summed E-state index contributed by atoms with van der Waals surface area (Å²) >= 11 is 6.04. The Hall–Kier alpha value is -2.09. The van der Waals surface area contributed by atoms with E-state index in [1.807, 2.05) is 19.1 Å². The lowest BCUT2D eigenvalue weighted by molar-refractivity contribution is -0.118. The van der Waals surface area contributed by atoms with Gasteiger partial charge in [-0.15, -0.1) is 0 Å². The number of anilines is 1. The van der Waals surface area contributed by atoms with Gasteiger partial charge in [0.25, 0.3) is 5.91 Å². The fourth-order valence-electron chi connectivity index (χ4n) is 1.94. The van der Waals surface area contributed by atoms with Crippen LogP contribution in [0.4, 0.5) is 5.69 Å². The number of hydrogen-bond acceptors (Lipinski definition) is 4. The zero-order chi connectivity index (χ0) is 18.6. The Morgan fingerprint density at radius 3 is 2.40 bits per heavy atom. The molecule has 1 N–H and O–H groups in total. The Labute approximate surface area is 152 Å². The first kappa shape index (κ1) is 19.2. The molecule has 0 saturated heterocycles. The third kappa shape index (κ3) is 4.94. The van der Waals surface area contributed by atoms with Gasteiger partial charge in [-0.2, -0.15) is 0 Å². The molecule has 0 atom stereocenters. The van der Waals surface area contributed by atoms with Crippen molar-refractivity contribution in [2.75, 3.05) is 26.0 Å². The minimum atomic E-state index is -3.62. The van der Waals surface area contributed by atoms with Crippen molar-refractivity contribution in [1.82, 2.24) is 4.31 Å². The van der Waals surface area contributed by atoms with E-state index in [0.29, 0.717) is 5.75 Å². The van der Waals surface area contributed by atoms with E-state index in [0.717, 1.165) is 9.87 Å². The van der Waals surface area contributed by atoms with E-state index in [9.17, 15) is 13.2 Å². The van der Waals surface area contributed by atoms with Gasteiger partial charge in [0.1, 0.15) is 5.75 Å². The Morgan fingerprint density at radius 2 is 1.80 bits per heavy atom. The van der Waals surface area contributed by atoms with Crippen molar-refractivity contribution < 1.29 is 17.9 Å². The van der Waals surface area contributed by atoms with Gasteiger partial charge in [-0.25, -0.2) is 12.7 Å². The third-order valence-electron chi connectivity index (χ3n) is 3.38. The van der Waals surface area contributed by atoms with Crippen LogP contribution in [0.5, 0.6) is 5.75 Å². The van der Waals surface area contributed by atoms with Gasteiger partial charge in [0, 0.05) is 14.1 Å². The number of ether oxygens (including phenoxy) is 1. The second kappa shape index (κ2) is 7.86. The molecule has 0 bridgehead atoms. The van der Waals surface area contributed by atoms with Crippen molar-refractivity contribution in [3.63, 3.8) is 0 Å². The SMILES string of the molecule is Cc1ccc(OCC(=O)Nc2cc(S(=O)(=O)N(C)C)ccc2Cl)cc1. The quantitative estimate of drug-likeness (QED) is 0.833. The number of carbonyl (C=O) groups is 1. The normalized spacial score (nSPS) is 11.4. The maximum Gasteiger partial charge on any atom is 0.262 e. The van der Waals surface area contributed by atoms with E-state index in [1.54, 1.807) is 12.1 Å². The van der Waals surface area contributed by atoms with Crippen molar-refractivity contribution >= 4 is 33.2 Å². The number of aryl methyl sites for hydroxylation is 1. The molecule has 0 fully saturated rings. The van der Waals surface area contributed by atoms with Crippen molar-refractivity contribution in [1.29, 1.82) is 0 Å². The van der Waals surface area contributed by atoms with E-state index < -0.39 is 15.9 Å². The molecule has 0 aliphatic heterocycles. The minimum absolute atomic E-state index is 0.0386. The molecular formula is C17H19ClN2O4S. The van der Waals surface area contributed by atoms with E-state index >= 15 is 0 Å². The summed E-state index contributed by atoms with van der Waals surface area (Å²) in [5, 5.41) is 2.80. The average molecular weight is 383 g/mol. The molecule has 8 heteroatoms. The number of rotatable bonds is 6. The van der Waals surface area contributed by atoms with Crippen molar-refractivity contribution in [2.24, 2.45) is 0 Å². The number of nitrogens with one attached hydrogen (secondary N) is 1. The highest BCUT2D eigenvalue weighted by molar-refractivity contribution is 7.89. The zero-order valence-corrected chi connectivity index (χ0v) is 15.7. The van der Waals surface area contributed by atoms with Crippen LogP contribution in [0.2, 0.25) is 5.02 Å². The molecule has 0 spiro atoms. The Balaban J connectivity index is 2.08. The molecule has 134 valence electrons. The second-order valence-electron chi connectivity index (χ2n) is 5.58. The fourth-order valence-corrected chi connectivity index (χ4v) is 3.03. The number of carbonyl (C=O) groups excluding carboxylic acids is 1. The molecule has 0 aliphatic rings. The highest BCUT2D eigenvalue weighted by atomic mass is 35.5. The van der Waals surface area contributed by atoms with E-state index in [2.05, 4.69) is 5.32 Å². The van der Waals surface area contributed by atoms with Gasteiger partial charge >= 0.3 is 0 Å². The fraction of sp³-hybridized carbons (Fsp3) is 0.235. The summed E-state index contributed by atoms with van der Waals surface area (Å²) in [6.07, 6.45) is 0. The molecule has 2 aromatic carbocycles. The lowest BCUT2D eigenvalue weighted by atomic mass is 10.2. The van der Waals surface area contributed by atoms with Crippen LogP contribution >= 0.6 is 11.6 Å². The lowest BCUT2D eigenvalue weighted by Crippen LogP contribution is -2.23. The van der Waals surface area contributed by atoms with Crippen LogP contribution in [-0.4, -0.2) is 39.3 Å². The van der Waals surface area contributed by atoms with Crippen LogP contribution < -0.4 is 10.1 Å². The maximum atomic E-state index is 12.2. The lowest BCUT2D eigenvalue weighted by Gasteiger charge is -2.14. The Kier molecular flexibility index (Phi) is 6.05. The molecule has 0 aromatic heterocycles. The van der Waals surface area contributed by atoms with E-state index in [4.69, 9.17) is 16.3 Å². The molecule has 0 unspecified atom stereocenters. The first-order chi connectivity index (χ1) is 11.7. The second-order valence-corrected chi connectivity index (χ2v) is 8.14. The number of sulfonamides is 1. The van der Waals surface area contributed by atoms with Crippen molar-refractivity contribution in [3.8, 4) is 5.75 Å². The summed E-state index contributed by atoms with van der Waals surface area (Å²) in [6, 6.07) is 11.4. The number of benzene rings is 2. The molecule has 1 amide bonds. The molecule has 2 aromatic rings. The smallest absolute Gasteiger partial charge is 0.262 e. The molecule has 0 heterocycles. The Bertz CT molecular complexity index is 865. The van der Waals surface area contributed by atoms with E-state index in [-0.39, 0.29) is 22.2 Å². The van der Waals surface area contributed by atoms with Crippen molar-refractivity contribution in [2.45, 2.75) is 11.8 Å². The maximum absolute atomic E-state index is 12.2. The zero-order valence-electron chi connectivity index (χ0n) is 14.1. The van der Waals surface area contributed by atoms with Gasteiger partial charge in [0.05, 0.1) is 15.6 Å². The van der Waals surface area contributed by atoms with Crippen LogP contribution in [0, 0.1) is 6.92 Å². The number of hydrogen-bond donors (Lipinski definition) is 1. The average Bonchev–Trinajstić information content (AvgIpc) is 2.56. The predicted molar refractivity (Wildman–Crippen MR) is 97.6 cm³/mol. The van der Waals surface area contributed by atoms with Crippen LogP contribution in [0.15, 0.2) is 47.4 Å². The van der Waals surface area contributed by atoms with Crippen LogP contribution in [0.3, 0.4) is 0 Å². The topological polar surface area (TPSA) is 75.7 Å². The molecule has 2 rings (SSSR count). The first-order valence-electron chi connectivity index (χ1n) is 7.41. The summed E-state index contributed by atoms with van der Waals surface area (Å²) in [4.78, 5) is 12.1. The van der Waals surface area contributed by atoms with Crippen molar-refractivity contribution in [3.05, 3.63) is 53.1 Å². The summed E-state index contributed by atoms with van der Waals surface area (Å²) in [5.41, 5.74) is 1.30. The molecule has 0 aliphatic carbocycles. The predicted octanol–water partition coefficient (Wildman–Crippen LogP) is 2.92. The Morgan fingerprint density at radius 1 is 1.16 bits per heavy atom. The largest absolute Gasteiger partial charge is 0.484 e. The van der Waals surface area contributed by atoms with Crippen LogP contribution in [0.25, 0.3) is 0 Å². The molecular weight excluding hydrogens is 364 g/mol. The highest BCUT2D eigenvalue weighted by Gasteiger charge is 2.19. The van der Waals surface area contributed by atoms with Crippen LogP contribution in [-0.2, 0) is 14.8 Å². The van der Waals surface area contributed by atoms with Gasteiger partial charge < -0.3 is 10.1 Å². The molecule has 6 nitrogen and oxygen atoms in total. The number of nitrogens with zero attached hydrogens (tertiary/aromatic N) is 1. The van der Waals surface area contributed by atoms with Gasteiger partial charge in [0.2, 0.25) is 10.0 Å². The number of halogens is 1.